The van der Waals surface area contributed by atoms with Crippen molar-refractivity contribution in [1.82, 2.24) is 5.32 Å². The first kappa shape index (κ1) is 20.2. The first-order valence-electron chi connectivity index (χ1n) is 8.58. The van der Waals surface area contributed by atoms with Crippen molar-refractivity contribution in [2.45, 2.75) is 32.7 Å². The average molecular weight is 379 g/mol. The van der Waals surface area contributed by atoms with Crippen LogP contribution in [0.4, 0.5) is 10.1 Å². The summed E-state index contributed by atoms with van der Waals surface area (Å²) in [5.74, 6) is 0.352. The molecule has 0 spiro atoms. The normalized spacial score (nSPS) is 12.9. The van der Waals surface area contributed by atoms with Crippen LogP contribution in [0.1, 0.15) is 36.5 Å². The molecule has 2 N–H and O–H groups in total. The number of halogens is 2. The third-order valence-electron chi connectivity index (χ3n) is 4.40. The molecule has 0 atom stereocenters. The largest absolute Gasteiger partial charge is 0.484 e. The molecule has 1 heterocycles. The zero-order chi connectivity index (χ0) is 17.8. The van der Waals surface area contributed by atoms with E-state index < -0.39 is 0 Å². The Bertz CT molecular complexity index is 763. The van der Waals surface area contributed by atoms with Crippen LogP contribution in [0.15, 0.2) is 36.4 Å². The molecule has 0 saturated heterocycles. The highest BCUT2D eigenvalue weighted by molar-refractivity contribution is 5.92. The summed E-state index contributed by atoms with van der Waals surface area (Å²) in [7, 11) is 0. The zero-order valence-electron chi connectivity index (χ0n) is 15.0. The number of rotatable bonds is 5. The van der Waals surface area contributed by atoms with Gasteiger partial charge in [0.25, 0.3) is 5.91 Å². The summed E-state index contributed by atoms with van der Waals surface area (Å²) in [5, 5.41) is 5.80. The van der Waals surface area contributed by atoms with Gasteiger partial charge in [0.1, 0.15) is 11.6 Å². The minimum atomic E-state index is -0.374. The number of nitrogens with one attached hydrogen (secondary N) is 2. The van der Waals surface area contributed by atoms with Gasteiger partial charge in [0.2, 0.25) is 0 Å². The fourth-order valence-corrected chi connectivity index (χ4v) is 2.91. The van der Waals surface area contributed by atoms with E-state index in [9.17, 15) is 9.18 Å². The fraction of sp³-hybridized carbons (Fsp3) is 0.350. The van der Waals surface area contributed by atoms with E-state index in [0.29, 0.717) is 30.2 Å². The second-order valence-electron chi connectivity index (χ2n) is 6.55. The number of ether oxygens (including phenoxy) is 1. The van der Waals surface area contributed by atoms with Gasteiger partial charge in [0.15, 0.2) is 6.61 Å². The molecule has 1 aliphatic heterocycles. The summed E-state index contributed by atoms with van der Waals surface area (Å²) in [6.07, 6.45) is 0.629. The van der Waals surface area contributed by atoms with Gasteiger partial charge in [-0.3, -0.25) is 4.79 Å². The predicted molar refractivity (Wildman–Crippen MR) is 104 cm³/mol. The Morgan fingerprint density at radius 3 is 2.65 bits per heavy atom. The van der Waals surface area contributed by atoms with Crippen molar-refractivity contribution in [1.29, 1.82) is 0 Å². The van der Waals surface area contributed by atoms with E-state index in [-0.39, 0.29) is 36.4 Å². The van der Waals surface area contributed by atoms with Gasteiger partial charge in [0, 0.05) is 6.54 Å². The number of benzene rings is 2. The van der Waals surface area contributed by atoms with Gasteiger partial charge in [-0.05, 0) is 53.8 Å². The van der Waals surface area contributed by atoms with E-state index in [1.807, 2.05) is 30.3 Å². The molecule has 4 nitrogen and oxygen atoms in total. The van der Waals surface area contributed by atoms with Gasteiger partial charge in [-0.25, -0.2) is 4.39 Å². The summed E-state index contributed by atoms with van der Waals surface area (Å²) < 4.78 is 20.0. The van der Waals surface area contributed by atoms with Gasteiger partial charge >= 0.3 is 0 Å². The van der Waals surface area contributed by atoms with Crippen molar-refractivity contribution in [2.75, 3.05) is 18.5 Å². The number of anilines is 1. The maximum Gasteiger partial charge on any atom is 0.262 e. The highest BCUT2D eigenvalue weighted by Crippen LogP contribution is 2.24. The molecule has 0 aromatic heterocycles. The summed E-state index contributed by atoms with van der Waals surface area (Å²) in [6, 6.07) is 11.1. The molecule has 0 aliphatic carbocycles. The summed E-state index contributed by atoms with van der Waals surface area (Å²) in [4.78, 5) is 12.1. The highest BCUT2D eigenvalue weighted by Gasteiger charge is 2.17. The first-order valence-corrected chi connectivity index (χ1v) is 8.58. The van der Waals surface area contributed by atoms with Crippen LogP contribution in [0.25, 0.3) is 0 Å². The minimum Gasteiger partial charge on any atom is -0.484 e. The quantitative estimate of drug-likeness (QED) is 0.825. The van der Waals surface area contributed by atoms with Gasteiger partial charge in [0.05, 0.1) is 5.69 Å². The van der Waals surface area contributed by atoms with Crippen molar-refractivity contribution in [3.63, 3.8) is 0 Å². The van der Waals surface area contributed by atoms with Crippen LogP contribution in [0.5, 0.6) is 5.75 Å². The van der Waals surface area contributed by atoms with Gasteiger partial charge in [-0.1, -0.05) is 32.0 Å². The summed E-state index contributed by atoms with van der Waals surface area (Å²) in [6.45, 7) is 5.49. The fourth-order valence-electron chi connectivity index (χ4n) is 2.91. The molecule has 0 bridgehead atoms. The Labute approximate surface area is 159 Å². The van der Waals surface area contributed by atoms with Gasteiger partial charge in [-0.2, -0.15) is 0 Å². The SMILES string of the molecule is CC(C)c1ccc(OCC(=O)Nc2ccc3c(c2F)CCNC3)cc1.Cl. The van der Waals surface area contributed by atoms with Crippen molar-refractivity contribution in [2.24, 2.45) is 0 Å². The Balaban J connectivity index is 0.00000243. The van der Waals surface area contributed by atoms with Crippen LogP contribution in [0.3, 0.4) is 0 Å². The molecule has 0 unspecified atom stereocenters. The van der Waals surface area contributed by atoms with E-state index in [0.717, 1.165) is 12.1 Å². The van der Waals surface area contributed by atoms with E-state index in [1.54, 1.807) is 6.07 Å². The topological polar surface area (TPSA) is 50.4 Å². The number of carbonyl (C=O) groups is 1. The van der Waals surface area contributed by atoms with E-state index in [1.165, 1.54) is 5.56 Å². The molecule has 2 aromatic carbocycles. The lowest BCUT2D eigenvalue weighted by Gasteiger charge is -2.19. The molecule has 2 aromatic rings. The van der Waals surface area contributed by atoms with E-state index >= 15 is 0 Å². The van der Waals surface area contributed by atoms with Gasteiger partial charge in [-0.15, -0.1) is 12.4 Å². The van der Waals surface area contributed by atoms with Crippen molar-refractivity contribution >= 4 is 24.0 Å². The molecule has 26 heavy (non-hydrogen) atoms. The monoisotopic (exact) mass is 378 g/mol. The molecular weight excluding hydrogens is 355 g/mol. The lowest BCUT2D eigenvalue weighted by molar-refractivity contribution is -0.118. The predicted octanol–water partition coefficient (Wildman–Crippen LogP) is 4.03. The lowest BCUT2D eigenvalue weighted by atomic mass is 9.99. The zero-order valence-corrected chi connectivity index (χ0v) is 15.8. The smallest absolute Gasteiger partial charge is 0.262 e. The third kappa shape index (κ3) is 4.74. The Hall–Kier alpha value is -2.11. The maximum absolute atomic E-state index is 14.5. The number of hydrogen-bond acceptors (Lipinski definition) is 3. The lowest BCUT2D eigenvalue weighted by Crippen LogP contribution is -2.26. The molecule has 1 amide bonds. The molecule has 6 heteroatoms. The Morgan fingerprint density at radius 1 is 1.23 bits per heavy atom. The molecule has 0 fully saturated rings. The second-order valence-corrected chi connectivity index (χ2v) is 6.55. The average Bonchev–Trinajstić information content (AvgIpc) is 2.63. The Kier molecular flexibility index (Phi) is 7.00. The molecule has 140 valence electrons. The van der Waals surface area contributed by atoms with Crippen LogP contribution in [0.2, 0.25) is 0 Å². The van der Waals surface area contributed by atoms with Crippen LogP contribution in [-0.2, 0) is 17.8 Å². The van der Waals surface area contributed by atoms with Crippen LogP contribution in [-0.4, -0.2) is 19.1 Å². The molecule has 1 aliphatic rings. The highest BCUT2D eigenvalue weighted by atomic mass is 35.5. The molecule has 0 radical (unpaired) electrons. The standard InChI is InChI=1S/C20H23FN2O2.ClH/c1-13(2)14-3-6-16(7-4-14)25-12-19(24)23-18-8-5-15-11-22-10-9-17(15)20(18)21;/h3-8,13,22H,9-12H2,1-2H3,(H,23,24);1H. The minimum absolute atomic E-state index is 0. The number of carbonyl (C=O) groups excluding carboxylic acids is 1. The molecular formula is C20H24ClFN2O2. The summed E-state index contributed by atoms with van der Waals surface area (Å²) in [5.41, 5.74) is 3.05. The second kappa shape index (κ2) is 9.01. The number of fused-ring (bicyclic) bond motifs is 1. The van der Waals surface area contributed by atoms with Crippen LogP contribution < -0.4 is 15.4 Å². The third-order valence-corrected chi connectivity index (χ3v) is 4.40. The first-order chi connectivity index (χ1) is 12.0. The number of hydrogen-bond donors (Lipinski definition) is 2. The van der Waals surface area contributed by atoms with Crippen molar-refractivity contribution in [3.8, 4) is 5.75 Å². The molecule has 0 saturated carbocycles. The van der Waals surface area contributed by atoms with Crippen molar-refractivity contribution in [3.05, 3.63) is 58.9 Å². The van der Waals surface area contributed by atoms with E-state index in [4.69, 9.17) is 4.74 Å². The van der Waals surface area contributed by atoms with Crippen LogP contribution in [0, 0.1) is 5.82 Å². The molecule has 3 rings (SSSR count). The van der Waals surface area contributed by atoms with Crippen molar-refractivity contribution < 1.29 is 13.9 Å². The van der Waals surface area contributed by atoms with E-state index in [2.05, 4.69) is 24.5 Å². The van der Waals surface area contributed by atoms with Gasteiger partial charge < -0.3 is 15.4 Å². The Morgan fingerprint density at radius 2 is 1.96 bits per heavy atom. The number of amides is 1. The summed E-state index contributed by atoms with van der Waals surface area (Å²) >= 11 is 0. The van der Waals surface area contributed by atoms with Crippen LogP contribution >= 0.6 is 12.4 Å². The maximum atomic E-state index is 14.5.